The van der Waals surface area contributed by atoms with Crippen molar-refractivity contribution in [3.8, 4) is 0 Å². The Morgan fingerprint density at radius 3 is 1.62 bits per heavy atom. The molecule has 0 aliphatic heterocycles. The topological polar surface area (TPSA) is 18.5 Å². The number of nitrogens with zero attached hydrogens (tertiary/aromatic N) is 2. The predicted molar refractivity (Wildman–Crippen MR) is 118 cm³/mol. The van der Waals surface area contributed by atoms with E-state index in [0.29, 0.717) is 0 Å². The molecule has 8 heteroatoms. The first-order valence-corrected chi connectivity index (χ1v) is 18.1. The van der Waals surface area contributed by atoms with Gasteiger partial charge in [0.1, 0.15) is 22.3 Å². The van der Waals surface area contributed by atoms with Crippen LogP contribution in [0.3, 0.4) is 0 Å². The molecule has 1 aromatic rings. The zero-order chi connectivity index (χ0) is 20.5. The minimum atomic E-state index is -3.75. The summed E-state index contributed by atoms with van der Waals surface area (Å²) in [5.74, 6) is -0.293. The monoisotopic (exact) mass is 417 g/mol. The third-order valence-electron chi connectivity index (χ3n) is 4.08. The van der Waals surface area contributed by atoms with Crippen LogP contribution in [0.5, 0.6) is 0 Å². The van der Waals surface area contributed by atoms with Crippen LogP contribution in [0.1, 0.15) is 27.7 Å². The third-order valence-corrected chi connectivity index (χ3v) is 16.4. The van der Waals surface area contributed by atoms with Gasteiger partial charge < -0.3 is 4.23 Å². The molecule has 0 aliphatic carbocycles. The first-order chi connectivity index (χ1) is 11.6. The van der Waals surface area contributed by atoms with Crippen molar-refractivity contribution in [2.45, 2.75) is 79.1 Å². The molecule has 1 rings (SSSR count). The molecule has 0 bridgehead atoms. The standard InChI is InChI=1S/C18H37F2N3Si3/c1-15(2)21-26(20,22(16(3)4)24(5,6)7)23(25(8,9)10)18-13-11-17(19)12-14-18/h11-16,21H,1-10H3. The Kier molecular flexibility index (Phi) is 7.42. The Balaban J connectivity index is 3.70. The molecule has 0 aromatic heterocycles. The fourth-order valence-electron chi connectivity index (χ4n) is 3.76. The van der Waals surface area contributed by atoms with Crippen molar-refractivity contribution in [1.82, 2.24) is 9.21 Å². The molecule has 150 valence electrons. The van der Waals surface area contributed by atoms with E-state index in [1.165, 1.54) is 12.1 Å². The second kappa shape index (κ2) is 8.22. The minimum absolute atomic E-state index is 0.0172. The number of nitrogens with one attached hydrogen (secondary N) is 1. The molecule has 1 atom stereocenters. The van der Waals surface area contributed by atoms with Crippen molar-refractivity contribution >= 4 is 31.1 Å². The maximum absolute atomic E-state index is 17.3. The maximum Gasteiger partial charge on any atom is 0.503 e. The summed E-state index contributed by atoms with van der Waals surface area (Å²) in [6, 6.07) is 6.41. The lowest BCUT2D eigenvalue weighted by molar-refractivity contribution is 0.423. The average Bonchev–Trinajstić information content (AvgIpc) is 2.35. The summed E-state index contributed by atoms with van der Waals surface area (Å²) in [5, 5.41) is 0. The van der Waals surface area contributed by atoms with E-state index >= 15 is 4.11 Å². The summed E-state index contributed by atoms with van der Waals surface area (Å²) in [6.45, 7) is 21.2. The van der Waals surface area contributed by atoms with E-state index in [1.54, 1.807) is 12.1 Å². The summed E-state index contributed by atoms with van der Waals surface area (Å²) in [7, 11) is -7.84. The number of benzene rings is 1. The van der Waals surface area contributed by atoms with Gasteiger partial charge in [-0.15, -0.1) is 0 Å². The van der Waals surface area contributed by atoms with Gasteiger partial charge in [0.25, 0.3) is 0 Å². The molecule has 1 N–H and O–H groups in total. The molecular formula is C18H37F2N3Si3. The Morgan fingerprint density at radius 1 is 0.846 bits per heavy atom. The smallest absolute Gasteiger partial charge is 0.376 e. The molecule has 3 nitrogen and oxygen atoms in total. The van der Waals surface area contributed by atoms with Crippen molar-refractivity contribution in [2.24, 2.45) is 0 Å². The highest BCUT2D eigenvalue weighted by molar-refractivity contribution is 7.00. The first kappa shape index (κ1) is 23.5. The van der Waals surface area contributed by atoms with E-state index in [9.17, 15) is 4.39 Å². The molecule has 0 aliphatic rings. The molecule has 26 heavy (non-hydrogen) atoms. The van der Waals surface area contributed by atoms with Gasteiger partial charge >= 0.3 is 8.89 Å². The molecular weight excluding hydrogens is 380 g/mol. The molecule has 1 unspecified atom stereocenters. The summed E-state index contributed by atoms with van der Waals surface area (Å²) >= 11 is 0. The predicted octanol–water partition coefficient (Wildman–Crippen LogP) is 5.42. The van der Waals surface area contributed by atoms with Gasteiger partial charge in [0.2, 0.25) is 0 Å². The largest absolute Gasteiger partial charge is 0.503 e. The van der Waals surface area contributed by atoms with Gasteiger partial charge in [0.15, 0.2) is 0 Å². The van der Waals surface area contributed by atoms with Crippen LogP contribution in [0.25, 0.3) is 0 Å². The Morgan fingerprint density at radius 2 is 1.31 bits per heavy atom. The summed E-state index contributed by atoms with van der Waals surface area (Å²) in [6.07, 6.45) is 0. The van der Waals surface area contributed by atoms with E-state index in [-0.39, 0.29) is 17.9 Å². The summed E-state index contributed by atoms with van der Waals surface area (Å²) in [5.41, 5.74) is 0.775. The van der Waals surface area contributed by atoms with Crippen LogP contribution in [0.4, 0.5) is 14.2 Å². The highest BCUT2D eigenvalue weighted by atomic mass is 28.5. The lowest BCUT2D eigenvalue weighted by Gasteiger charge is -2.54. The highest BCUT2D eigenvalue weighted by Gasteiger charge is 2.57. The van der Waals surface area contributed by atoms with Crippen LogP contribution in [-0.2, 0) is 0 Å². The van der Waals surface area contributed by atoms with Gasteiger partial charge in [-0.25, -0.2) is 8.50 Å². The minimum Gasteiger partial charge on any atom is -0.376 e. The van der Waals surface area contributed by atoms with E-state index in [4.69, 9.17) is 0 Å². The Bertz CT molecular complexity index is 583. The van der Waals surface area contributed by atoms with E-state index in [1.807, 2.05) is 18.1 Å². The molecule has 0 spiro atoms. The van der Waals surface area contributed by atoms with Crippen LogP contribution in [0.2, 0.25) is 39.3 Å². The zero-order valence-corrected chi connectivity index (χ0v) is 21.1. The van der Waals surface area contributed by atoms with Gasteiger partial charge in [0.05, 0.1) is 0 Å². The lowest BCUT2D eigenvalue weighted by atomic mass is 10.3. The number of hydrogen-bond donors (Lipinski definition) is 1. The quantitative estimate of drug-likeness (QED) is 0.450. The van der Waals surface area contributed by atoms with Crippen molar-refractivity contribution in [2.75, 3.05) is 4.23 Å². The highest BCUT2D eigenvalue weighted by Crippen LogP contribution is 2.34. The molecule has 0 saturated carbocycles. The van der Waals surface area contributed by atoms with Gasteiger partial charge in [-0.1, -0.05) is 67.0 Å². The molecule has 0 fully saturated rings. The van der Waals surface area contributed by atoms with Crippen molar-refractivity contribution in [3.63, 3.8) is 0 Å². The van der Waals surface area contributed by atoms with E-state index in [0.717, 1.165) is 5.69 Å². The van der Waals surface area contributed by atoms with Gasteiger partial charge in [-0.05, 0) is 36.3 Å². The fraction of sp³-hybridized carbons (Fsp3) is 0.667. The second-order valence-electron chi connectivity index (χ2n) is 9.50. The van der Waals surface area contributed by atoms with E-state index in [2.05, 4.69) is 62.3 Å². The van der Waals surface area contributed by atoms with Crippen LogP contribution < -0.4 is 9.21 Å². The van der Waals surface area contributed by atoms with Crippen molar-refractivity contribution < 1.29 is 8.50 Å². The third kappa shape index (κ3) is 5.48. The fourth-order valence-corrected chi connectivity index (χ4v) is 17.1. The van der Waals surface area contributed by atoms with Gasteiger partial charge in [0, 0.05) is 5.69 Å². The average molecular weight is 418 g/mol. The van der Waals surface area contributed by atoms with Crippen molar-refractivity contribution in [1.29, 1.82) is 0 Å². The number of rotatable bonds is 8. The van der Waals surface area contributed by atoms with Crippen LogP contribution in [-0.4, -0.2) is 41.7 Å². The van der Waals surface area contributed by atoms with Crippen LogP contribution in [0.15, 0.2) is 24.3 Å². The van der Waals surface area contributed by atoms with Gasteiger partial charge in [-0.3, -0.25) is 9.21 Å². The maximum atomic E-state index is 17.3. The first-order valence-electron chi connectivity index (χ1n) is 9.42. The molecule has 0 heterocycles. The SMILES string of the molecule is CC(C)N[Si](F)(N(c1ccc(F)cc1)[Si](C)(C)C)N(C(C)C)[Si](C)(C)C. The zero-order valence-electron chi connectivity index (χ0n) is 18.1. The number of hydrogen-bond acceptors (Lipinski definition) is 3. The summed E-state index contributed by atoms with van der Waals surface area (Å²) < 4.78 is 35.0. The van der Waals surface area contributed by atoms with Crippen molar-refractivity contribution in [3.05, 3.63) is 30.1 Å². The normalized spacial score (nSPS) is 15.7. The van der Waals surface area contributed by atoms with Gasteiger partial charge in [-0.2, -0.15) is 0 Å². The summed E-state index contributed by atoms with van der Waals surface area (Å²) in [4.78, 5) is 3.36. The van der Waals surface area contributed by atoms with E-state index < -0.39 is 25.4 Å². The molecule has 0 amide bonds. The molecule has 1 aromatic carbocycles. The molecule has 0 radical (unpaired) electrons. The van der Waals surface area contributed by atoms with Crippen LogP contribution >= 0.6 is 0 Å². The second-order valence-corrected chi connectivity index (χ2v) is 22.4. The van der Waals surface area contributed by atoms with Crippen LogP contribution in [0, 0.1) is 5.82 Å². The number of anilines is 1. The lowest BCUT2D eigenvalue weighted by Crippen LogP contribution is -2.82. The Hall–Kier alpha value is -0.549. The Labute approximate surface area is 162 Å². The number of halogens is 2. The molecule has 0 saturated heterocycles.